The summed E-state index contributed by atoms with van der Waals surface area (Å²) in [6.45, 7) is 6.29. The molecule has 0 spiro atoms. The van der Waals surface area contributed by atoms with Crippen LogP contribution < -0.4 is 5.32 Å². The van der Waals surface area contributed by atoms with Crippen molar-refractivity contribution >= 4 is 18.4 Å². The zero-order chi connectivity index (χ0) is 22.2. The molecule has 2 amide bonds. The maximum absolute atomic E-state index is 13.3. The van der Waals surface area contributed by atoms with Gasteiger partial charge in [0.25, 0.3) is 0 Å². The van der Waals surface area contributed by atoms with Crippen LogP contribution in [0.5, 0.6) is 0 Å². The molecule has 0 radical (unpaired) electrons. The molecule has 0 saturated carbocycles. The molecule has 1 heterocycles. The van der Waals surface area contributed by atoms with Crippen molar-refractivity contribution in [2.24, 2.45) is 0 Å². The number of benzene rings is 3. The van der Waals surface area contributed by atoms with E-state index >= 15 is 0 Å². The van der Waals surface area contributed by atoms with Crippen LogP contribution in [0, 0.1) is 6.92 Å². The van der Waals surface area contributed by atoms with Crippen molar-refractivity contribution in [3.63, 3.8) is 0 Å². The quantitative estimate of drug-likeness (QED) is 0.481. The summed E-state index contributed by atoms with van der Waals surface area (Å²) < 4.78 is 0. The number of carbonyl (C=O) groups excluding carboxylic acids is 1. The summed E-state index contributed by atoms with van der Waals surface area (Å²) in [7, 11) is 0. The van der Waals surface area contributed by atoms with E-state index in [0.29, 0.717) is 13.1 Å². The minimum absolute atomic E-state index is 0. The van der Waals surface area contributed by atoms with Gasteiger partial charge in [0, 0.05) is 38.8 Å². The molecule has 174 valence electrons. The van der Waals surface area contributed by atoms with E-state index in [1.807, 2.05) is 35.2 Å². The third-order valence-corrected chi connectivity index (χ3v) is 6.27. The Labute approximate surface area is 204 Å². The molecule has 1 saturated heterocycles. The minimum atomic E-state index is 0. The van der Waals surface area contributed by atoms with Gasteiger partial charge in [-0.05, 0) is 36.5 Å². The van der Waals surface area contributed by atoms with Gasteiger partial charge in [-0.25, -0.2) is 4.79 Å². The third kappa shape index (κ3) is 7.34. The number of amides is 2. The molecule has 0 aliphatic carbocycles. The van der Waals surface area contributed by atoms with Crippen LogP contribution in [0.1, 0.15) is 35.1 Å². The molecule has 0 atom stereocenters. The lowest BCUT2D eigenvalue weighted by molar-refractivity contribution is 0.113. The Morgan fingerprint density at radius 3 is 2.03 bits per heavy atom. The second-order valence-electron chi connectivity index (χ2n) is 8.75. The lowest BCUT2D eigenvalue weighted by Gasteiger charge is -2.38. The average molecular weight is 464 g/mol. The van der Waals surface area contributed by atoms with E-state index in [9.17, 15) is 4.79 Å². The Kier molecular flexibility index (Phi) is 9.35. The highest BCUT2D eigenvalue weighted by Gasteiger charge is 2.28. The first-order valence-corrected chi connectivity index (χ1v) is 11.6. The lowest BCUT2D eigenvalue weighted by atomic mass is 10.0. The summed E-state index contributed by atoms with van der Waals surface area (Å²) in [5.41, 5.74) is 4.89. The molecule has 3 aromatic carbocycles. The van der Waals surface area contributed by atoms with Gasteiger partial charge in [0.05, 0.1) is 0 Å². The standard InChI is InChI=1S/C28H33N3O.ClH/c1-23-12-14-26(15-13-23)22-31(28(32)29-20-24-8-4-2-5-9-24)27-16-18-30(19-17-27)21-25-10-6-3-7-11-25;/h2-15,27H,16-22H2,1H3,(H,29,32);1H. The number of nitrogens with one attached hydrogen (secondary N) is 1. The maximum atomic E-state index is 13.3. The number of likely N-dealkylation sites (tertiary alicyclic amines) is 1. The summed E-state index contributed by atoms with van der Waals surface area (Å²) in [4.78, 5) is 17.8. The summed E-state index contributed by atoms with van der Waals surface area (Å²) in [5, 5.41) is 3.15. The first-order valence-electron chi connectivity index (χ1n) is 11.6. The predicted octanol–water partition coefficient (Wildman–Crippen LogP) is 5.79. The Bertz CT molecular complexity index is 971. The molecule has 0 bridgehead atoms. The van der Waals surface area contributed by atoms with E-state index in [4.69, 9.17) is 0 Å². The molecule has 3 aromatic rings. The van der Waals surface area contributed by atoms with Gasteiger partial charge in [-0.1, -0.05) is 90.5 Å². The van der Waals surface area contributed by atoms with E-state index in [-0.39, 0.29) is 24.5 Å². The van der Waals surface area contributed by atoms with Gasteiger partial charge in [0.2, 0.25) is 0 Å². The number of urea groups is 1. The topological polar surface area (TPSA) is 35.6 Å². The summed E-state index contributed by atoms with van der Waals surface area (Å²) in [6, 6.07) is 29.5. The van der Waals surface area contributed by atoms with Crippen LogP contribution in [0.4, 0.5) is 4.79 Å². The fraction of sp³-hybridized carbons (Fsp3) is 0.321. The van der Waals surface area contributed by atoms with Gasteiger partial charge in [0.15, 0.2) is 0 Å². The zero-order valence-electron chi connectivity index (χ0n) is 19.3. The molecule has 5 heteroatoms. The van der Waals surface area contributed by atoms with Crippen molar-refractivity contribution in [1.29, 1.82) is 0 Å². The molecule has 1 aliphatic heterocycles. The van der Waals surface area contributed by atoms with Crippen LogP contribution in [-0.2, 0) is 19.6 Å². The van der Waals surface area contributed by atoms with Crippen molar-refractivity contribution in [2.45, 2.75) is 45.4 Å². The highest BCUT2D eigenvalue weighted by molar-refractivity contribution is 5.85. The molecule has 0 unspecified atom stereocenters. The van der Waals surface area contributed by atoms with Crippen LogP contribution in [0.2, 0.25) is 0 Å². The van der Waals surface area contributed by atoms with Crippen LogP contribution >= 0.6 is 12.4 Å². The smallest absolute Gasteiger partial charge is 0.318 e. The molecule has 1 fully saturated rings. The maximum Gasteiger partial charge on any atom is 0.318 e. The van der Waals surface area contributed by atoms with Crippen LogP contribution in [0.25, 0.3) is 0 Å². The van der Waals surface area contributed by atoms with E-state index < -0.39 is 0 Å². The van der Waals surface area contributed by atoms with Crippen LogP contribution in [0.15, 0.2) is 84.9 Å². The van der Waals surface area contributed by atoms with Crippen molar-refractivity contribution in [1.82, 2.24) is 15.1 Å². The fourth-order valence-corrected chi connectivity index (χ4v) is 4.36. The molecule has 4 nitrogen and oxygen atoms in total. The molecular formula is C28H34ClN3O. The molecule has 1 aliphatic rings. The van der Waals surface area contributed by atoms with Gasteiger partial charge in [-0.2, -0.15) is 0 Å². The van der Waals surface area contributed by atoms with Crippen molar-refractivity contribution in [3.8, 4) is 0 Å². The molecule has 33 heavy (non-hydrogen) atoms. The number of carbonyl (C=O) groups is 1. The highest BCUT2D eigenvalue weighted by atomic mass is 35.5. The van der Waals surface area contributed by atoms with E-state index in [1.54, 1.807) is 0 Å². The molecule has 4 rings (SSSR count). The second kappa shape index (κ2) is 12.4. The monoisotopic (exact) mass is 463 g/mol. The fourth-order valence-electron chi connectivity index (χ4n) is 4.36. The normalized spacial score (nSPS) is 14.3. The third-order valence-electron chi connectivity index (χ3n) is 6.27. The van der Waals surface area contributed by atoms with Gasteiger partial charge in [-0.3, -0.25) is 4.90 Å². The SMILES string of the molecule is Cc1ccc(CN(C(=O)NCc2ccccc2)C2CCN(Cc3ccccc3)CC2)cc1.Cl. The van der Waals surface area contributed by atoms with E-state index in [1.165, 1.54) is 16.7 Å². The van der Waals surface area contributed by atoms with Crippen molar-refractivity contribution < 1.29 is 4.79 Å². The summed E-state index contributed by atoms with van der Waals surface area (Å²) in [6.07, 6.45) is 1.99. The second-order valence-corrected chi connectivity index (χ2v) is 8.75. The number of hydrogen-bond donors (Lipinski definition) is 1. The van der Waals surface area contributed by atoms with Crippen LogP contribution in [-0.4, -0.2) is 35.0 Å². The Morgan fingerprint density at radius 1 is 0.848 bits per heavy atom. The first kappa shape index (κ1) is 24.8. The lowest BCUT2D eigenvalue weighted by Crippen LogP contribution is -2.50. The number of aryl methyl sites for hydroxylation is 1. The van der Waals surface area contributed by atoms with Gasteiger partial charge in [-0.15, -0.1) is 12.4 Å². The Balaban J connectivity index is 0.00000306. The zero-order valence-corrected chi connectivity index (χ0v) is 20.1. The van der Waals surface area contributed by atoms with Gasteiger partial charge < -0.3 is 10.2 Å². The van der Waals surface area contributed by atoms with E-state index in [0.717, 1.165) is 38.0 Å². The van der Waals surface area contributed by atoms with Gasteiger partial charge >= 0.3 is 6.03 Å². The molecular weight excluding hydrogens is 430 g/mol. The molecule has 0 aromatic heterocycles. The number of halogens is 1. The number of nitrogens with zero attached hydrogens (tertiary/aromatic N) is 2. The first-order chi connectivity index (χ1) is 15.7. The largest absolute Gasteiger partial charge is 0.334 e. The summed E-state index contributed by atoms with van der Waals surface area (Å²) in [5.74, 6) is 0. The van der Waals surface area contributed by atoms with Gasteiger partial charge in [0.1, 0.15) is 0 Å². The van der Waals surface area contributed by atoms with Crippen LogP contribution in [0.3, 0.4) is 0 Å². The minimum Gasteiger partial charge on any atom is -0.334 e. The number of rotatable bonds is 7. The number of hydrogen-bond acceptors (Lipinski definition) is 2. The van der Waals surface area contributed by atoms with E-state index in [2.05, 4.69) is 71.7 Å². The average Bonchev–Trinajstić information content (AvgIpc) is 2.84. The predicted molar refractivity (Wildman–Crippen MR) is 137 cm³/mol. The Hall–Kier alpha value is -2.82. The number of piperidine rings is 1. The van der Waals surface area contributed by atoms with Crippen molar-refractivity contribution in [2.75, 3.05) is 13.1 Å². The van der Waals surface area contributed by atoms with Crippen molar-refractivity contribution in [3.05, 3.63) is 107 Å². The Morgan fingerprint density at radius 2 is 1.42 bits per heavy atom. The summed E-state index contributed by atoms with van der Waals surface area (Å²) >= 11 is 0. The highest BCUT2D eigenvalue weighted by Crippen LogP contribution is 2.21. The molecule has 1 N–H and O–H groups in total.